The lowest BCUT2D eigenvalue weighted by molar-refractivity contribution is -0.384. The third-order valence-corrected chi connectivity index (χ3v) is 3.79. The van der Waals surface area contributed by atoms with Crippen LogP contribution < -0.4 is 0 Å². The highest BCUT2D eigenvalue weighted by Gasteiger charge is 2.29. The minimum absolute atomic E-state index is 0.176. The van der Waals surface area contributed by atoms with Gasteiger partial charge in [-0.15, -0.1) is 0 Å². The van der Waals surface area contributed by atoms with Crippen molar-refractivity contribution in [2.75, 3.05) is 13.1 Å². The van der Waals surface area contributed by atoms with Gasteiger partial charge in [-0.3, -0.25) is 10.1 Å². The van der Waals surface area contributed by atoms with Crippen LogP contribution >= 0.6 is 0 Å². The number of non-ortho nitro benzene ring substituents is 1. The topological polar surface area (TPSA) is 46.4 Å². The smallest absolute Gasteiger partial charge is 0.269 e. The molecule has 0 amide bonds. The monoisotopic (exact) mass is 248 g/mol. The van der Waals surface area contributed by atoms with E-state index in [4.69, 9.17) is 0 Å². The van der Waals surface area contributed by atoms with Crippen LogP contribution in [0.4, 0.5) is 5.69 Å². The van der Waals surface area contributed by atoms with Crippen LogP contribution in [0.25, 0.3) is 0 Å². The molecule has 0 aliphatic carbocycles. The van der Waals surface area contributed by atoms with Crippen molar-refractivity contribution in [1.82, 2.24) is 4.90 Å². The maximum Gasteiger partial charge on any atom is 0.269 e. The number of nitrogens with zero attached hydrogens (tertiary/aromatic N) is 2. The van der Waals surface area contributed by atoms with Gasteiger partial charge in [-0.05, 0) is 37.8 Å². The maximum atomic E-state index is 10.6. The highest BCUT2D eigenvalue weighted by molar-refractivity contribution is 5.35. The summed E-state index contributed by atoms with van der Waals surface area (Å²) in [7, 11) is 0. The number of hydrogen-bond acceptors (Lipinski definition) is 3. The Kier molecular flexibility index (Phi) is 3.97. The van der Waals surface area contributed by atoms with Crippen LogP contribution in [-0.2, 0) is 0 Å². The van der Waals surface area contributed by atoms with Gasteiger partial charge in [0.15, 0.2) is 0 Å². The van der Waals surface area contributed by atoms with Crippen LogP contribution in [-0.4, -0.2) is 29.0 Å². The third kappa shape index (κ3) is 2.70. The summed E-state index contributed by atoms with van der Waals surface area (Å²) in [6, 6.07) is 7.66. The van der Waals surface area contributed by atoms with Crippen molar-refractivity contribution >= 4 is 5.69 Å². The molecule has 0 N–H and O–H groups in total. The Morgan fingerprint density at radius 3 is 2.61 bits per heavy atom. The summed E-state index contributed by atoms with van der Waals surface area (Å²) in [5.74, 6) is 0.521. The van der Waals surface area contributed by atoms with Gasteiger partial charge in [-0.25, -0.2) is 0 Å². The lowest BCUT2D eigenvalue weighted by Crippen LogP contribution is -2.27. The molecular weight excluding hydrogens is 228 g/mol. The summed E-state index contributed by atoms with van der Waals surface area (Å²) in [4.78, 5) is 12.8. The second-order valence-corrected chi connectivity index (χ2v) is 5.13. The summed E-state index contributed by atoms with van der Waals surface area (Å²) in [5.41, 5.74) is 1.40. The van der Waals surface area contributed by atoms with Gasteiger partial charge in [-0.1, -0.05) is 19.1 Å². The average Bonchev–Trinajstić information content (AvgIpc) is 2.72. The zero-order chi connectivity index (χ0) is 13.1. The summed E-state index contributed by atoms with van der Waals surface area (Å²) in [6.45, 7) is 6.68. The number of likely N-dealkylation sites (tertiary alicyclic amines) is 1. The molecule has 0 unspecified atom stereocenters. The van der Waals surface area contributed by atoms with Crippen LogP contribution in [0.15, 0.2) is 24.3 Å². The van der Waals surface area contributed by atoms with Crippen molar-refractivity contribution in [2.45, 2.75) is 38.6 Å². The SMILES string of the molecule is CCCN1C[C@H](c2ccc([N+](=O)[O-])cc2)C[C@@H]1C. The number of hydrogen-bond donors (Lipinski definition) is 0. The van der Waals surface area contributed by atoms with Crippen molar-refractivity contribution in [1.29, 1.82) is 0 Å². The molecule has 1 aliphatic heterocycles. The third-order valence-electron chi connectivity index (χ3n) is 3.79. The lowest BCUT2D eigenvalue weighted by Gasteiger charge is -2.19. The van der Waals surface area contributed by atoms with Crippen molar-refractivity contribution < 1.29 is 4.92 Å². The molecule has 18 heavy (non-hydrogen) atoms. The fraction of sp³-hybridized carbons (Fsp3) is 0.571. The first-order valence-electron chi connectivity index (χ1n) is 6.60. The molecule has 2 atom stereocenters. The number of nitro benzene ring substituents is 1. The lowest BCUT2D eigenvalue weighted by atomic mass is 9.96. The first-order chi connectivity index (χ1) is 8.61. The van der Waals surface area contributed by atoms with Crippen molar-refractivity contribution in [3.63, 3.8) is 0 Å². The van der Waals surface area contributed by atoms with Gasteiger partial charge in [0.05, 0.1) is 4.92 Å². The molecule has 1 aromatic carbocycles. The molecule has 1 saturated heterocycles. The molecule has 1 aliphatic rings. The second kappa shape index (κ2) is 5.48. The predicted molar refractivity (Wildman–Crippen MR) is 71.8 cm³/mol. The molecule has 1 aromatic rings. The Hall–Kier alpha value is -1.42. The molecule has 0 aromatic heterocycles. The van der Waals surface area contributed by atoms with Crippen molar-refractivity contribution in [2.24, 2.45) is 0 Å². The molecule has 0 radical (unpaired) electrons. The first kappa shape index (κ1) is 13.0. The molecule has 98 valence electrons. The molecule has 2 rings (SSSR count). The Morgan fingerprint density at radius 2 is 2.06 bits per heavy atom. The molecule has 0 bridgehead atoms. The molecule has 4 nitrogen and oxygen atoms in total. The van der Waals surface area contributed by atoms with E-state index >= 15 is 0 Å². The number of benzene rings is 1. The van der Waals surface area contributed by atoms with E-state index in [9.17, 15) is 10.1 Å². The fourth-order valence-corrected chi connectivity index (χ4v) is 2.81. The van der Waals surface area contributed by atoms with Crippen LogP contribution in [0.2, 0.25) is 0 Å². The Morgan fingerprint density at radius 1 is 1.39 bits per heavy atom. The number of rotatable bonds is 4. The summed E-state index contributed by atoms with van der Waals surface area (Å²) in [5, 5.41) is 10.6. The average molecular weight is 248 g/mol. The van der Waals surface area contributed by atoms with E-state index in [0.717, 1.165) is 19.5 Å². The Balaban J connectivity index is 2.06. The van der Waals surface area contributed by atoms with E-state index in [0.29, 0.717) is 12.0 Å². The highest BCUT2D eigenvalue weighted by Crippen LogP contribution is 2.32. The quantitative estimate of drug-likeness (QED) is 0.607. The van der Waals surface area contributed by atoms with E-state index in [-0.39, 0.29) is 10.6 Å². The molecule has 4 heteroatoms. The van der Waals surface area contributed by atoms with Gasteiger partial charge in [-0.2, -0.15) is 0 Å². The van der Waals surface area contributed by atoms with Gasteiger partial charge >= 0.3 is 0 Å². The van der Waals surface area contributed by atoms with Gasteiger partial charge in [0, 0.05) is 24.7 Å². The van der Waals surface area contributed by atoms with E-state index in [1.54, 1.807) is 12.1 Å². The van der Waals surface area contributed by atoms with Crippen molar-refractivity contribution in [3.05, 3.63) is 39.9 Å². The Labute approximate surface area is 108 Å². The maximum absolute atomic E-state index is 10.6. The second-order valence-electron chi connectivity index (χ2n) is 5.13. The first-order valence-corrected chi connectivity index (χ1v) is 6.60. The standard InChI is InChI=1S/C14H20N2O2/c1-3-8-15-10-13(9-11(15)2)12-4-6-14(7-5-12)16(17)18/h4-7,11,13H,3,8-10H2,1-2H3/t11-,13+/m0/s1. The van der Waals surface area contributed by atoms with Crippen LogP contribution in [0, 0.1) is 10.1 Å². The van der Waals surface area contributed by atoms with Crippen LogP contribution in [0.5, 0.6) is 0 Å². The van der Waals surface area contributed by atoms with E-state index in [2.05, 4.69) is 18.7 Å². The van der Waals surface area contributed by atoms with E-state index in [1.807, 2.05) is 12.1 Å². The normalized spacial score (nSPS) is 24.3. The molecule has 0 saturated carbocycles. The van der Waals surface area contributed by atoms with Gasteiger partial charge in [0.2, 0.25) is 0 Å². The number of nitro groups is 1. The summed E-state index contributed by atoms with van der Waals surface area (Å²) >= 11 is 0. The Bertz CT molecular complexity index is 416. The minimum Gasteiger partial charge on any atom is -0.300 e. The fourth-order valence-electron chi connectivity index (χ4n) is 2.81. The molecule has 0 spiro atoms. The van der Waals surface area contributed by atoms with E-state index < -0.39 is 0 Å². The minimum atomic E-state index is -0.343. The predicted octanol–water partition coefficient (Wildman–Crippen LogP) is 3.18. The summed E-state index contributed by atoms with van der Waals surface area (Å²) < 4.78 is 0. The zero-order valence-electron chi connectivity index (χ0n) is 11.0. The van der Waals surface area contributed by atoms with Gasteiger partial charge in [0.1, 0.15) is 0 Å². The zero-order valence-corrected chi connectivity index (χ0v) is 11.0. The van der Waals surface area contributed by atoms with Gasteiger partial charge in [0.25, 0.3) is 5.69 Å². The highest BCUT2D eigenvalue weighted by atomic mass is 16.6. The molecule has 1 heterocycles. The largest absolute Gasteiger partial charge is 0.300 e. The molecule has 1 fully saturated rings. The van der Waals surface area contributed by atoms with Crippen LogP contribution in [0.3, 0.4) is 0 Å². The molecular formula is C14H20N2O2. The van der Waals surface area contributed by atoms with Crippen LogP contribution in [0.1, 0.15) is 38.2 Å². The van der Waals surface area contributed by atoms with E-state index in [1.165, 1.54) is 12.0 Å². The van der Waals surface area contributed by atoms with Crippen molar-refractivity contribution in [3.8, 4) is 0 Å². The summed E-state index contributed by atoms with van der Waals surface area (Å²) in [6.07, 6.45) is 2.33. The van der Waals surface area contributed by atoms with Gasteiger partial charge < -0.3 is 4.90 Å².